The highest BCUT2D eigenvalue weighted by Crippen LogP contribution is 2.30. The minimum absolute atomic E-state index is 0.114. The van der Waals surface area contributed by atoms with E-state index >= 15 is 0 Å². The quantitative estimate of drug-likeness (QED) is 0.542. The molecule has 0 saturated carbocycles. The molecule has 2 aromatic heterocycles. The van der Waals surface area contributed by atoms with E-state index in [1.807, 2.05) is 40.0 Å². The largest absolute Gasteiger partial charge is 0.494 e. The van der Waals surface area contributed by atoms with Crippen molar-refractivity contribution in [3.8, 4) is 11.5 Å². The van der Waals surface area contributed by atoms with Crippen LogP contribution in [0.3, 0.4) is 0 Å². The fourth-order valence-electron chi connectivity index (χ4n) is 3.79. The average Bonchev–Trinajstić information content (AvgIpc) is 3.18. The predicted molar refractivity (Wildman–Crippen MR) is 121 cm³/mol. The van der Waals surface area contributed by atoms with Crippen molar-refractivity contribution in [2.24, 2.45) is 14.1 Å². The number of benzene rings is 2. The Kier molecular flexibility index (Phi) is 5.65. The number of hydrogen-bond donors (Lipinski definition) is 1. The highest BCUT2D eigenvalue weighted by atomic mass is 16.5. The number of aromatic amines is 1. The lowest BCUT2D eigenvalue weighted by Gasteiger charge is -2.08. The molecule has 0 unspecified atom stereocenters. The lowest BCUT2D eigenvalue weighted by Crippen LogP contribution is -2.12. The highest BCUT2D eigenvalue weighted by Gasteiger charge is 2.14. The van der Waals surface area contributed by atoms with E-state index < -0.39 is 0 Å². The zero-order valence-corrected chi connectivity index (χ0v) is 19.2. The zero-order chi connectivity index (χ0) is 22.3. The van der Waals surface area contributed by atoms with Crippen molar-refractivity contribution in [2.45, 2.75) is 34.6 Å². The van der Waals surface area contributed by atoms with Gasteiger partial charge in [-0.2, -0.15) is 0 Å². The fraction of sp³-hybridized carbons (Fsp3) is 0.391. The summed E-state index contributed by atoms with van der Waals surface area (Å²) in [6, 6.07) is 3.98. The molecule has 0 spiro atoms. The third kappa shape index (κ3) is 3.34. The molecule has 4 aromatic rings. The number of H-pyrrole nitrogens is 1. The van der Waals surface area contributed by atoms with Crippen molar-refractivity contribution in [3.63, 3.8) is 0 Å². The van der Waals surface area contributed by atoms with E-state index in [4.69, 9.17) is 9.47 Å². The highest BCUT2D eigenvalue weighted by molar-refractivity contribution is 5.87. The predicted octanol–water partition coefficient (Wildman–Crippen LogP) is 4.00. The van der Waals surface area contributed by atoms with E-state index in [-0.39, 0.29) is 5.69 Å². The lowest BCUT2D eigenvalue weighted by atomic mass is 10.1. The number of fused-ring (bicyclic) bond motifs is 2. The van der Waals surface area contributed by atoms with Crippen LogP contribution in [-0.2, 0) is 14.1 Å². The summed E-state index contributed by atoms with van der Waals surface area (Å²) in [7, 11) is 7.09. The smallest absolute Gasteiger partial charge is 0.326 e. The minimum Gasteiger partial charge on any atom is -0.494 e. The van der Waals surface area contributed by atoms with Gasteiger partial charge in [-0.25, -0.2) is 9.78 Å². The Morgan fingerprint density at radius 3 is 1.93 bits per heavy atom. The van der Waals surface area contributed by atoms with E-state index in [0.29, 0.717) is 5.75 Å². The molecule has 0 amide bonds. The molecule has 2 aromatic carbocycles. The Bertz CT molecular complexity index is 1310. The van der Waals surface area contributed by atoms with E-state index in [1.165, 1.54) is 16.6 Å². The van der Waals surface area contributed by atoms with Crippen LogP contribution in [0.4, 0.5) is 0 Å². The molecule has 1 N–H and O–H groups in total. The van der Waals surface area contributed by atoms with Gasteiger partial charge < -0.3 is 19.0 Å². The van der Waals surface area contributed by atoms with Crippen molar-refractivity contribution in [3.05, 3.63) is 50.7 Å². The summed E-state index contributed by atoms with van der Waals surface area (Å²) < 4.78 is 14.3. The van der Waals surface area contributed by atoms with Crippen molar-refractivity contribution in [1.29, 1.82) is 0 Å². The van der Waals surface area contributed by atoms with Crippen LogP contribution in [0.1, 0.15) is 28.1 Å². The van der Waals surface area contributed by atoms with E-state index in [9.17, 15) is 4.79 Å². The number of nitrogens with one attached hydrogen (secondary N) is 1. The molecule has 0 aliphatic rings. The molecule has 30 heavy (non-hydrogen) atoms. The molecule has 0 radical (unpaired) electrons. The van der Waals surface area contributed by atoms with Gasteiger partial charge in [-0.3, -0.25) is 4.57 Å². The van der Waals surface area contributed by atoms with Crippen LogP contribution in [0, 0.1) is 34.6 Å². The van der Waals surface area contributed by atoms with Gasteiger partial charge in [0.05, 0.1) is 25.3 Å². The fourth-order valence-corrected chi connectivity index (χ4v) is 3.79. The number of nitrogens with zero attached hydrogens (tertiary/aromatic N) is 3. The molecule has 160 valence electrons. The number of imidazole rings is 2. The Morgan fingerprint density at radius 1 is 0.833 bits per heavy atom. The average molecular weight is 411 g/mol. The Labute approximate surface area is 176 Å². The number of methoxy groups -OCH3 is 2. The number of aromatic nitrogens is 4. The third-order valence-corrected chi connectivity index (χ3v) is 5.94. The van der Waals surface area contributed by atoms with Crippen LogP contribution in [-0.4, -0.2) is 33.3 Å². The third-order valence-electron chi connectivity index (χ3n) is 5.94. The number of aryl methyl sites for hydroxylation is 7. The van der Waals surface area contributed by atoms with Gasteiger partial charge >= 0.3 is 5.69 Å². The van der Waals surface area contributed by atoms with Gasteiger partial charge in [-0.1, -0.05) is 0 Å². The lowest BCUT2D eigenvalue weighted by molar-refractivity contribution is 0.418. The van der Waals surface area contributed by atoms with Crippen LogP contribution in [0.25, 0.3) is 22.1 Å². The molecule has 0 fully saturated rings. The first-order chi connectivity index (χ1) is 14.1. The zero-order valence-electron chi connectivity index (χ0n) is 19.2. The van der Waals surface area contributed by atoms with Crippen molar-refractivity contribution < 1.29 is 9.47 Å². The van der Waals surface area contributed by atoms with Crippen LogP contribution in [0.2, 0.25) is 0 Å². The van der Waals surface area contributed by atoms with Crippen LogP contribution in [0.15, 0.2) is 16.9 Å². The topological polar surface area (TPSA) is 74.1 Å². The molecule has 0 aliphatic heterocycles. The molecule has 7 heteroatoms. The molecule has 0 saturated heterocycles. The summed E-state index contributed by atoms with van der Waals surface area (Å²) in [5.41, 5.74) is 8.43. The second-order valence-corrected chi connectivity index (χ2v) is 7.67. The Balaban J connectivity index is 0.000000171. The van der Waals surface area contributed by atoms with Gasteiger partial charge in [0, 0.05) is 14.1 Å². The summed E-state index contributed by atoms with van der Waals surface area (Å²) in [5.74, 6) is 2.58. The number of hydrogen-bond acceptors (Lipinski definition) is 4. The molecule has 0 bridgehead atoms. The van der Waals surface area contributed by atoms with E-state index in [1.54, 1.807) is 25.8 Å². The van der Waals surface area contributed by atoms with Crippen molar-refractivity contribution in [1.82, 2.24) is 19.1 Å². The molecule has 7 nitrogen and oxygen atoms in total. The molecule has 4 rings (SSSR count). The Hall–Kier alpha value is -3.22. The summed E-state index contributed by atoms with van der Waals surface area (Å²) >= 11 is 0. The SMILES string of the molecule is COc1cc(C)c(C)c2c1[nH]c(=O)n2C.COc1cc(C)c(C)c2c1nc(C)n2C. The summed E-state index contributed by atoms with van der Waals surface area (Å²) in [4.78, 5) is 18.8. The molecular weight excluding hydrogens is 380 g/mol. The van der Waals surface area contributed by atoms with Gasteiger partial charge in [-0.05, 0) is 69.0 Å². The van der Waals surface area contributed by atoms with Gasteiger partial charge in [-0.15, -0.1) is 0 Å². The first-order valence-electron chi connectivity index (χ1n) is 9.82. The number of ether oxygens (including phenoxy) is 2. The van der Waals surface area contributed by atoms with E-state index in [0.717, 1.165) is 39.3 Å². The van der Waals surface area contributed by atoms with E-state index in [2.05, 4.69) is 28.4 Å². The molecule has 2 heterocycles. The summed E-state index contributed by atoms with van der Waals surface area (Å²) in [6.07, 6.45) is 0. The van der Waals surface area contributed by atoms with Crippen LogP contribution >= 0.6 is 0 Å². The van der Waals surface area contributed by atoms with Crippen LogP contribution in [0.5, 0.6) is 11.5 Å². The van der Waals surface area contributed by atoms with Gasteiger partial charge in [0.15, 0.2) is 0 Å². The molecular formula is C23H30N4O3. The van der Waals surface area contributed by atoms with Gasteiger partial charge in [0.2, 0.25) is 0 Å². The van der Waals surface area contributed by atoms with Crippen LogP contribution < -0.4 is 15.2 Å². The molecule has 0 aliphatic carbocycles. The van der Waals surface area contributed by atoms with Gasteiger partial charge in [0.25, 0.3) is 0 Å². The van der Waals surface area contributed by atoms with Gasteiger partial charge in [0.1, 0.15) is 28.4 Å². The Morgan fingerprint density at radius 2 is 1.37 bits per heavy atom. The molecule has 0 atom stereocenters. The van der Waals surface area contributed by atoms with Crippen molar-refractivity contribution >= 4 is 22.1 Å². The maximum atomic E-state index is 11.5. The minimum atomic E-state index is -0.114. The second kappa shape index (κ2) is 7.89. The monoisotopic (exact) mass is 410 g/mol. The first-order valence-corrected chi connectivity index (χ1v) is 9.82. The maximum Gasteiger partial charge on any atom is 0.326 e. The normalized spacial score (nSPS) is 11.0. The summed E-state index contributed by atoms with van der Waals surface area (Å²) in [6.45, 7) is 10.2. The standard InChI is InChI=1S/C12H16N2O.C11H14N2O2/c1-7-6-10(15-5)11-12(8(7)2)14(4)9(3)13-11;1-6-5-8(15-4)9-10(7(6)2)13(3)11(14)12-9/h6H,1-5H3;5H,1-4H3,(H,12,14). The summed E-state index contributed by atoms with van der Waals surface area (Å²) in [5, 5.41) is 0. The second-order valence-electron chi connectivity index (χ2n) is 7.67. The number of rotatable bonds is 2. The maximum absolute atomic E-state index is 11.5. The van der Waals surface area contributed by atoms with Crippen molar-refractivity contribution in [2.75, 3.05) is 14.2 Å². The first kappa shape index (κ1) is 21.5.